The Labute approximate surface area is 319 Å². The smallest absolute Gasteiger partial charge is 0.287 e. The van der Waals surface area contributed by atoms with Gasteiger partial charge in [0.1, 0.15) is 11.5 Å². The maximum absolute atomic E-state index is 7.09. The summed E-state index contributed by atoms with van der Waals surface area (Å²) in [5.41, 5.74) is 11.3. The van der Waals surface area contributed by atoms with Crippen molar-refractivity contribution in [1.82, 2.24) is 0 Å². The molecule has 6 aromatic carbocycles. The first-order chi connectivity index (χ1) is 25.2. The third-order valence-electron chi connectivity index (χ3n) is 11.9. The highest BCUT2D eigenvalue weighted by molar-refractivity contribution is 7.47. The van der Waals surface area contributed by atoms with Crippen molar-refractivity contribution in [2.24, 2.45) is 0 Å². The molecule has 1 heterocycles. The van der Waals surface area contributed by atoms with Crippen LogP contribution in [0.25, 0.3) is 0 Å². The van der Waals surface area contributed by atoms with Crippen LogP contribution >= 0.6 is 8.38 Å². The molecule has 1 aliphatic heterocycles. The van der Waals surface area contributed by atoms with E-state index >= 15 is 0 Å². The van der Waals surface area contributed by atoms with Gasteiger partial charge in [-0.3, -0.25) is 0 Å². The van der Waals surface area contributed by atoms with Crippen LogP contribution in [0.3, 0.4) is 0 Å². The van der Waals surface area contributed by atoms with Gasteiger partial charge in [0.05, 0.1) is 0 Å². The van der Waals surface area contributed by atoms with Crippen LogP contribution in [0, 0.1) is 0 Å². The van der Waals surface area contributed by atoms with Crippen LogP contribution in [-0.2, 0) is 28.1 Å². The molecule has 0 atom stereocenters. The van der Waals surface area contributed by atoms with Gasteiger partial charge in [-0.05, 0) is 44.5 Å². The van der Waals surface area contributed by atoms with Crippen LogP contribution in [0.5, 0.6) is 11.5 Å². The molecule has 0 saturated heterocycles. The fourth-order valence-corrected chi connectivity index (χ4v) is 9.03. The molecule has 53 heavy (non-hydrogen) atoms. The minimum atomic E-state index is -1.34. The minimum Gasteiger partial charge on any atom is -0.438 e. The predicted octanol–water partition coefficient (Wildman–Crippen LogP) is 13.3. The Balaban J connectivity index is 1.51. The molecular formula is C50H53O2P. The summed E-state index contributed by atoms with van der Waals surface area (Å²) in [5, 5.41) is 0. The van der Waals surface area contributed by atoms with Crippen molar-refractivity contribution in [3.63, 3.8) is 0 Å². The Morgan fingerprint density at radius 3 is 0.962 bits per heavy atom. The van der Waals surface area contributed by atoms with E-state index in [0.717, 1.165) is 11.5 Å². The van der Waals surface area contributed by atoms with E-state index in [0.29, 0.717) is 6.42 Å². The monoisotopic (exact) mass is 716 g/mol. The Kier molecular flexibility index (Phi) is 9.67. The summed E-state index contributed by atoms with van der Waals surface area (Å²) in [6.07, 6.45) is 0.682. The lowest BCUT2D eigenvalue weighted by atomic mass is 9.70. The van der Waals surface area contributed by atoms with Crippen molar-refractivity contribution in [3.8, 4) is 11.5 Å². The van der Waals surface area contributed by atoms with Gasteiger partial charge in [0.2, 0.25) is 0 Å². The van der Waals surface area contributed by atoms with Gasteiger partial charge in [-0.15, -0.1) is 0 Å². The molecule has 0 amide bonds. The molecular weight excluding hydrogens is 664 g/mol. The lowest BCUT2D eigenvalue weighted by Gasteiger charge is -2.37. The second-order valence-corrected chi connectivity index (χ2v) is 18.0. The van der Waals surface area contributed by atoms with E-state index in [2.05, 4.69) is 208 Å². The maximum atomic E-state index is 7.09. The van der Waals surface area contributed by atoms with Gasteiger partial charge in [0, 0.05) is 45.9 Å². The summed E-state index contributed by atoms with van der Waals surface area (Å²) < 4.78 is 14.2. The van der Waals surface area contributed by atoms with Gasteiger partial charge >= 0.3 is 0 Å². The average molecular weight is 717 g/mol. The summed E-state index contributed by atoms with van der Waals surface area (Å²) >= 11 is 0. The number of fused-ring (bicyclic) bond motifs is 2. The zero-order chi connectivity index (χ0) is 37.6. The Bertz CT molecular complexity index is 2040. The molecule has 0 unspecified atom stereocenters. The Hall–Kier alpha value is -4.65. The van der Waals surface area contributed by atoms with Crippen LogP contribution in [0.15, 0.2) is 146 Å². The third-order valence-corrected chi connectivity index (χ3v) is 12.8. The van der Waals surface area contributed by atoms with E-state index in [1.807, 2.05) is 0 Å². The highest BCUT2D eigenvalue weighted by atomic mass is 31.2. The third kappa shape index (κ3) is 6.84. The fourth-order valence-electron chi connectivity index (χ4n) is 8.05. The molecule has 0 saturated carbocycles. The summed E-state index contributed by atoms with van der Waals surface area (Å²) in [6.45, 7) is 20.8. The molecule has 0 spiro atoms. The molecule has 3 heteroatoms. The number of benzene rings is 6. The summed E-state index contributed by atoms with van der Waals surface area (Å²) in [6, 6.07) is 53.1. The molecule has 0 radical (unpaired) electrons. The van der Waals surface area contributed by atoms with Gasteiger partial charge in [0.25, 0.3) is 8.38 Å². The van der Waals surface area contributed by atoms with Crippen LogP contribution in [0.4, 0.5) is 0 Å². The lowest BCUT2D eigenvalue weighted by Crippen LogP contribution is -2.26. The van der Waals surface area contributed by atoms with Gasteiger partial charge < -0.3 is 9.05 Å². The van der Waals surface area contributed by atoms with E-state index in [-0.39, 0.29) is 21.7 Å². The highest BCUT2D eigenvalue weighted by Gasteiger charge is 2.38. The van der Waals surface area contributed by atoms with Crippen molar-refractivity contribution in [2.75, 3.05) is 6.66 Å². The van der Waals surface area contributed by atoms with E-state index in [9.17, 15) is 0 Å². The fraction of sp³-hybridized carbons (Fsp3) is 0.280. The van der Waals surface area contributed by atoms with Crippen molar-refractivity contribution in [1.29, 1.82) is 0 Å². The molecule has 0 fully saturated rings. The number of hydrogen-bond acceptors (Lipinski definition) is 2. The maximum Gasteiger partial charge on any atom is 0.287 e. The van der Waals surface area contributed by atoms with E-state index < -0.39 is 8.38 Å². The zero-order valence-electron chi connectivity index (χ0n) is 32.8. The molecule has 0 N–H and O–H groups in total. The largest absolute Gasteiger partial charge is 0.438 e. The standard InChI is InChI=1S/C50H53O2P/c1-47(2,37-22-14-10-15-23-37)41-31-35-30-36-32-42(48(3,4)38-24-16-11-17-25-38)34-44(50(7,8)40-28-20-13-21-29-40)46(36)52-53(9)51-45(35)43(33-41)49(5,6)39-26-18-12-19-27-39/h10-29,31-34H,30H2,1-9H3. The predicted molar refractivity (Wildman–Crippen MR) is 224 cm³/mol. The number of rotatable bonds is 8. The highest BCUT2D eigenvalue weighted by Crippen LogP contribution is 2.53. The summed E-state index contributed by atoms with van der Waals surface area (Å²) in [7, 11) is -1.34. The second-order valence-electron chi connectivity index (χ2n) is 16.8. The van der Waals surface area contributed by atoms with Crippen molar-refractivity contribution >= 4 is 8.38 Å². The minimum absolute atomic E-state index is 0.242. The zero-order valence-corrected chi connectivity index (χ0v) is 33.7. The van der Waals surface area contributed by atoms with Gasteiger partial charge in [-0.2, -0.15) is 0 Å². The normalized spacial score (nSPS) is 13.9. The molecule has 7 rings (SSSR count). The molecule has 2 nitrogen and oxygen atoms in total. The van der Waals surface area contributed by atoms with Crippen molar-refractivity contribution in [3.05, 3.63) is 201 Å². The first kappa shape index (κ1) is 36.7. The Morgan fingerprint density at radius 2 is 0.660 bits per heavy atom. The van der Waals surface area contributed by atoms with Gasteiger partial charge in [-0.25, -0.2) is 0 Å². The molecule has 6 aromatic rings. The molecule has 270 valence electrons. The summed E-state index contributed by atoms with van der Waals surface area (Å²) in [5.74, 6) is 1.89. The molecule has 0 aliphatic carbocycles. The first-order valence-corrected chi connectivity index (χ1v) is 20.5. The Morgan fingerprint density at radius 1 is 0.377 bits per heavy atom. The van der Waals surface area contributed by atoms with Crippen molar-refractivity contribution < 1.29 is 9.05 Å². The number of hydrogen-bond donors (Lipinski definition) is 0. The van der Waals surface area contributed by atoms with Crippen LogP contribution in [0.2, 0.25) is 0 Å². The van der Waals surface area contributed by atoms with Crippen LogP contribution in [0.1, 0.15) is 111 Å². The quantitative estimate of drug-likeness (QED) is 0.146. The molecule has 0 aromatic heterocycles. The van der Waals surface area contributed by atoms with Crippen LogP contribution in [-0.4, -0.2) is 6.66 Å². The van der Waals surface area contributed by atoms with E-state index in [4.69, 9.17) is 9.05 Å². The van der Waals surface area contributed by atoms with Crippen molar-refractivity contribution in [2.45, 2.75) is 83.5 Å². The van der Waals surface area contributed by atoms with E-state index in [1.54, 1.807) is 0 Å². The molecule has 0 bridgehead atoms. The second kappa shape index (κ2) is 14.0. The van der Waals surface area contributed by atoms with Gasteiger partial charge in [0.15, 0.2) is 0 Å². The lowest BCUT2D eigenvalue weighted by molar-refractivity contribution is 0.458. The van der Waals surface area contributed by atoms with Crippen LogP contribution < -0.4 is 9.05 Å². The first-order valence-electron chi connectivity index (χ1n) is 18.9. The van der Waals surface area contributed by atoms with E-state index in [1.165, 1.54) is 55.6 Å². The molecule has 1 aliphatic rings. The topological polar surface area (TPSA) is 18.5 Å². The van der Waals surface area contributed by atoms with Gasteiger partial charge in [-0.1, -0.05) is 201 Å². The summed E-state index contributed by atoms with van der Waals surface area (Å²) in [4.78, 5) is 0. The SMILES string of the molecule is CP1Oc2c(cc(C(C)(C)c3ccccc3)cc2C(C)(C)c2ccccc2)Cc2cc(C(C)(C)c3ccccc3)cc(C(C)(C)c3ccccc3)c2O1. The average Bonchev–Trinajstić information content (AvgIpc) is 3.16.